The highest BCUT2D eigenvalue weighted by molar-refractivity contribution is 5.92. The summed E-state index contributed by atoms with van der Waals surface area (Å²) < 4.78 is 1.93. The molecular weight excluding hydrogens is 312 g/mol. The van der Waals surface area contributed by atoms with E-state index in [4.69, 9.17) is 0 Å². The van der Waals surface area contributed by atoms with Crippen molar-refractivity contribution >= 4 is 5.91 Å². The number of hydrogen-bond donors (Lipinski definition) is 1. The van der Waals surface area contributed by atoms with Crippen LogP contribution < -0.4 is 5.32 Å². The van der Waals surface area contributed by atoms with Gasteiger partial charge in [-0.3, -0.25) is 4.79 Å². The van der Waals surface area contributed by atoms with E-state index in [1.807, 2.05) is 37.6 Å². The van der Waals surface area contributed by atoms with Gasteiger partial charge in [-0.15, -0.1) is 0 Å². The van der Waals surface area contributed by atoms with Crippen LogP contribution >= 0.6 is 0 Å². The number of hydrogen-bond acceptors (Lipinski definition) is 3. The molecule has 0 aliphatic rings. The van der Waals surface area contributed by atoms with Gasteiger partial charge in [0.2, 0.25) is 0 Å². The van der Waals surface area contributed by atoms with Crippen molar-refractivity contribution in [3.8, 4) is 5.69 Å². The molecule has 0 saturated carbocycles. The van der Waals surface area contributed by atoms with Gasteiger partial charge >= 0.3 is 0 Å². The van der Waals surface area contributed by atoms with Gasteiger partial charge in [-0.1, -0.05) is 18.2 Å². The molecule has 0 radical (unpaired) electrons. The van der Waals surface area contributed by atoms with E-state index in [0.717, 1.165) is 29.2 Å². The zero-order chi connectivity index (χ0) is 17.8. The molecule has 3 aromatic rings. The molecule has 0 aliphatic heterocycles. The van der Waals surface area contributed by atoms with Gasteiger partial charge in [-0.25, -0.2) is 9.67 Å². The molecule has 0 aliphatic carbocycles. The van der Waals surface area contributed by atoms with Crippen LogP contribution in [0, 0.1) is 20.8 Å². The summed E-state index contributed by atoms with van der Waals surface area (Å²) in [5.74, 6) is -0.136. The van der Waals surface area contributed by atoms with E-state index in [1.54, 1.807) is 6.07 Å². The summed E-state index contributed by atoms with van der Waals surface area (Å²) in [7, 11) is 0. The monoisotopic (exact) mass is 334 g/mol. The van der Waals surface area contributed by atoms with Crippen molar-refractivity contribution in [2.45, 2.75) is 27.2 Å². The Labute approximate surface area is 147 Å². The summed E-state index contributed by atoms with van der Waals surface area (Å²) in [4.78, 5) is 16.3. The van der Waals surface area contributed by atoms with E-state index in [-0.39, 0.29) is 5.91 Å². The van der Waals surface area contributed by atoms with Crippen LogP contribution in [-0.2, 0) is 6.42 Å². The second-order valence-electron chi connectivity index (χ2n) is 6.18. The average Bonchev–Trinajstić information content (AvgIpc) is 2.94. The van der Waals surface area contributed by atoms with Crippen LogP contribution in [0.5, 0.6) is 0 Å². The first-order chi connectivity index (χ1) is 12.0. The van der Waals surface area contributed by atoms with E-state index in [0.29, 0.717) is 12.2 Å². The summed E-state index contributed by atoms with van der Waals surface area (Å²) in [5, 5.41) is 7.40. The number of pyridine rings is 1. The quantitative estimate of drug-likeness (QED) is 0.780. The van der Waals surface area contributed by atoms with E-state index >= 15 is 0 Å². The molecule has 0 bridgehead atoms. The molecule has 0 fully saturated rings. The molecule has 1 N–H and O–H groups in total. The van der Waals surface area contributed by atoms with Crippen LogP contribution in [0.2, 0.25) is 0 Å². The number of aryl methyl sites for hydroxylation is 3. The lowest BCUT2D eigenvalue weighted by atomic mass is 10.1. The second kappa shape index (κ2) is 7.30. The maximum absolute atomic E-state index is 12.1. The van der Waals surface area contributed by atoms with E-state index in [2.05, 4.69) is 45.7 Å². The van der Waals surface area contributed by atoms with Crippen molar-refractivity contribution in [2.24, 2.45) is 0 Å². The molecule has 2 aromatic heterocycles. The largest absolute Gasteiger partial charge is 0.350 e. The zero-order valence-corrected chi connectivity index (χ0v) is 14.8. The molecule has 2 heterocycles. The van der Waals surface area contributed by atoms with Crippen molar-refractivity contribution in [2.75, 3.05) is 6.54 Å². The van der Waals surface area contributed by atoms with Gasteiger partial charge in [-0.2, -0.15) is 5.10 Å². The molecule has 0 atom stereocenters. The number of benzene rings is 1. The van der Waals surface area contributed by atoms with Gasteiger partial charge in [0.15, 0.2) is 0 Å². The van der Waals surface area contributed by atoms with Crippen LogP contribution in [0.25, 0.3) is 5.69 Å². The van der Waals surface area contributed by atoms with Crippen molar-refractivity contribution < 1.29 is 4.79 Å². The van der Waals surface area contributed by atoms with Gasteiger partial charge in [0.05, 0.1) is 11.4 Å². The summed E-state index contributed by atoms with van der Waals surface area (Å²) in [5.41, 5.74) is 5.63. The highest BCUT2D eigenvalue weighted by Crippen LogP contribution is 2.13. The maximum atomic E-state index is 12.1. The Balaban J connectivity index is 1.57. The summed E-state index contributed by atoms with van der Waals surface area (Å²) >= 11 is 0. The third kappa shape index (κ3) is 4.12. The molecule has 5 heteroatoms. The fourth-order valence-electron chi connectivity index (χ4n) is 2.77. The minimum Gasteiger partial charge on any atom is -0.350 e. The van der Waals surface area contributed by atoms with E-state index < -0.39 is 0 Å². The van der Waals surface area contributed by atoms with Crippen LogP contribution in [0.3, 0.4) is 0 Å². The fourth-order valence-corrected chi connectivity index (χ4v) is 2.77. The van der Waals surface area contributed by atoms with Crippen LogP contribution in [0.4, 0.5) is 0 Å². The Hall–Kier alpha value is -2.95. The first-order valence-corrected chi connectivity index (χ1v) is 8.37. The van der Waals surface area contributed by atoms with Gasteiger partial charge < -0.3 is 5.32 Å². The van der Waals surface area contributed by atoms with Crippen LogP contribution in [0.1, 0.15) is 33.1 Å². The smallest absolute Gasteiger partial charge is 0.269 e. The molecule has 1 aromatic carbocycles. The van der Waals surface area contributed by atoms with Crippen LogP contribution in [-0.4, -0.2) is 27.2 Å². The first kappa shape index (κ1) is 16.9. The Kier molecular flexibility index (Phi) is 4.93. The number of amides is 1. The molecule has 5 nitrogen and oxygen atoms in total. The predicted octanol–water partition coefficient (Wildman–Crippen LogP) is 3.17. The Morgan fingerprint density at radius 2 is 1.80 bits per heavy atom. The summed E-state index contributed by atoms with van der Waals surface area (Å²) in [6.07, 6.45) is 0.773. The molecule has 1 amide bonds. The maximum Gasteiger partial charge on any atom is 0.269 e. The lowest BCUT2D eigenvalue weighted by Gasteiger charge is -2.08. The first-order valence-electron chi connectivity index (χ1n) is 8.37. The van der Waals surface area contributed by atoms with Gasteiger partial charge in [-0.05, 0) is 63.1 Å². The molecule has 128 valence electrons. The number of carbonyl (C=O) groups is 1. The third-order valence-corrected chi connectivity index (χ3v) is 4.01. The lowest BCUT2D eigenvalue weighted by molar-refractivity contribution is 0.0949. The number of carbonyl (C=O) groups excluding carboxylic acids is 1. The molecule has 0 spiro atoms. The number of aromatic nitrogens is 3. The predicted molar refractivity (Wildman–Crippen MR) is 98.0 cm³/mol. The third-order valence-electron chi connectivity index (χ3n) is 4.01. The van der Waals surface area contributed by atoms with Gasteiger partial charge in [0.25, 0.3) is 5.91 Å². The van der Waals surface area contributed by atoms with Crippen molar-refractivity contribution in [3.05, 3.63) is 76.9 Å². The standard InChI is InChI=1S/C20H22N4O/c1-14-5-4-6-19(22-14)20(25)21-12-11-17-7-9-18(10-8-17)24-16(3)13-15(2)23-24/h4-10,13H,11-12H2,1-3H3,(H,21,25). The Morgan fingerprint density at radius 3 is 2.44 bits per heavy atom. The van der Waals surface area contributed by atoms with Crippen LogP contribution in [0.15, 0.2) is 48.5 Å². The SMILES string of the molecule is Cc1cccc(C(=O)NCCc2ccc(-n3nc(C)cc3C)cc2)n1. The minimum absolute atomic E-state index is 0.136. The summed E-state index contributed by atoms with van der Waals surface area (Å²) in [6, 6.07) is 15.8. The topological polar surface area (TPSA) is 59.8 Å². The number of nitrogens with zero attached hydrogens (tertiary/aromatic N) is 3. The van der Waals surface area contributed by atoms with Crippen molar-refractivity contribution in [3.63, 3.8) is 0 Å². The van der Waals surface area contributed by atoms with E-state index in [9.17, 15) is 4.79 Å². The zero-order valence-electron chi connectivity index (χ0n) is 14.8. The molecule has 0 unspecified atom stereocenters. The van der Waals surface area contributed by atoms with Crippen molar-refractivity contribution in [1.82, 2.24) is 20.1 Å². The van der Waals surface area contributed by atoms with E-state index in [1.165, 1.54) is 5.56 Å². The molecule has 3 rings (SSSR count). The lowest BCUT2D eigenvalue weighted by Crippen LogP contribution is -2.26. The number of nitrogens with one attached hydrogen (secondary N) is 1. The molecular formula is C20H22N4O. The Morgan fingerprint density at radius 1 is 1.04 bits per heavy atom. The normalized spacial score (nSPS) is 10.7. The van der Waals surface area contributed by atoms with Crippen molar-refractivity contribution in [1.29, 1.82) is 0 Å². The second-order valence-corrected chi connectivity index (χ2v) is 6.18. The Bertz CT molecular complexity index is 881. The average molecular weight is 334 g/mol. The van der Waals surface area contributed by atoms with Gasteiger partial charge in [0, 0.05) is 17.9 Å². The molecule has 25 heavy (non-hydrogen) atoms. The number of rotatable bonds is 5. The molecule has 0 saturated heterocycles. The minimum atomic E-state index is -0.136. The fraction of sp³-hybridized carbons (Fsp3) is 0.250. The van der Waals surface area contributed by atoms with Gasteiger partial charge in [0.1, 0.15) is 5.69 Å². The highest BCUT2D eigenvalue weighted by Gasteiger charge is 2.07. The highest BCUT2D eigenvalue weighted by atomic mass is 16.1. The summed E-state index contributed by atoms with van der Waals surface area (Å²) in [6.45, 7) is 6.49.